The Labute approximate surface area is 146 Å². The molecule has 1 aromatic heterocycles. The smallest absolute Gasteiger partial charge is 0.161 e. The monoisotopic (exact) mass is 339 g/mol. The van der Waals surface area contributed by atoms with Crippen molar-refractivity contribution < 1.29 is 19.0 Å². The van der Waals surface area contributed by atoms with Crippen LogP contribution < -0.4 is 14.8 Å². The SMILES string of the molecule is COc1ccccc1OCc1ccccc1NCc1ccc(CO)o1. The van der Waals surface area contributed by atoms with E-state index in [-0.39, 0.29) is 6.61 Å². The molecule has 0 aliphatic carbocycles. The average molecular weight is 339 g/mol. The second kappa shape index (κ2) is 8.26. The first-order valence-electron chi connectivity index (χ1n) is 8.06. The van der Waals surface area contributed by atoms with Gasteiger partial charge in [-0.25, -0.2) is 0 Å². The summed E-state index contributed by atoms with van der Waals surface area (Å²) in [5.74, 6) is 2.74. The summed E-state index contributed by atoms with van der Waals surface area (Å²) < 4.78 is 16.7. The van der Waals surface area contributed by atoms with Gasteiger partial charge in [0.1, 0.15) is 24.7 Å². The van der Waals surface area contributed by atoms with E-state index in [1.807, 2.05) is 54.6 Å². The highest BCUT2D eigenvalue weighted by molar-refractivity contribution is 5.51. The first-order valence-corrected chi connectivity index (χ1v) is 8.06. The molecule has 0 spiro atoms. The number of benzene rings is 2. The maximum Gasteiger partial charge on any atom is 0.161 e. The lowest BCUT2D eigenvalue weighted by atomic mass is 10.2. The van der Waals surface area contributed by atoms with Gasteiger partial charge in [0.25, 0.3) is 0 Å². The minimum absolute atomic E-state index is 0.0939. The van der Waals surface area contributed by atoms with E-state index in [0.29, 0.717) is 30.4 Å². The zero-order valence-electron chi connectivity index (χ0n) is 14.1. The second-order valence-corrected chi connectivity index (χ2v) is 5.48. The van der Waals surface area contributed by atoms with E-state index in [0.717, 1.165) is 17.0 Å². The Morgan fingerprint density at radius 3 is 2.40 bits per heavy atom. The van der Waals surface area contributed by atoms with E-state index in [1.165, 1.54) is 0 Å². The van der Waals surface area contributed by atoms with Crippen LogP contribution in [0.2, 0.25) is 0 Å². The third-order valence-electron chi connectivity index (χ3n) is 3.80. The van der Waals surface area contributed by atoms with E-state index in [9.17, 15) is 0 Å². The van der Waals surface area contributed by atoms with Gasteiger partial charge in [-0.3, -0.25) is 0 Å². The summed E-state index contributed by atoms with van der Waals surface area (Å²) in [7, 11) is 1.63. The van der Waals surface area contributed by atoms with Gasteiger partial charge < -0.3 is 24.3 Å². The Hall–Kier alpha value is -2.92. The average Bonchev–Trinajstić information content (AvgIpc) is 3.13. The molecule has 0 saturated heterocycles. The molecule has 0 bridgehead atoms. The van der Waals surface area contributed by atoms with Crippen LogP contribution in [0.25, 0.3) is 0 Å². The fourth-order valence-corrected chi connectivity index (χ4v) is 2.50. The Bertz CT molecular complexity index is 813. The van der Waals surface area contributed by atoms with E-state index in [1.54, 1.807) is 13.2 Å². The van der Waals surface area contributed by atoms with Crippen molar-refractivity contribution in [2.45, 2.75) is 19.8 Å². The lowest BCUT2D eigenvalue weighted by Gasteiger charge is -2.14. The van der Waals surface area contributed by atoms with Gasteiger partial charge in [0, 0.05) is 11.3 Å². The molecule has 2 aromatic carbocycles. The molecule has 1 heterocycles. The molecule has 0 saturated carbocycles. The molecule has 3 rings (SSSR count). The number of para-hydroxylation sites is 3. The van der Waals surface area contributed by atoms with Gasteiger partial charge in [0.05, 0.1) is 13.7 Å². The topological polar surface area (TPSA) is 63.9 Å². The number of anilines is 1. The minimum atomic E-state index is -0.0939. The van der Waals surface area contributed by atoms with Crippen molar-refractivity contribution in [3.8, 4) is 11.5 Å². The van der Waals surface area contributed by atoms with Crippen molar-refractivity contribution in [3.05, 3.63) is 77.7 Å². The molecule has 5 nitrogen and oxygen atoms in total. The molecule has 0 aliphatic rings. The van der Waals surface area contributed by atoms with Crippen molar-refractivity contribution >= 4 is 5.69 Å². The molecule has 0 aliphatic heterocycles. The van der Waals surface area contributed by atoms with Crippen molar-refractivity contribution in [2.75, 3.05) is 12.4 Å². The molecular weight excluding hydrogens is 318 g/mol. The fraction of sp³-hybridized carbons (Fsp3) is 0.200. The highest BCUT2D eigenvalue weighted by atomic mass is 16.5. The normalized spacial score (nSPS) is 10.5. The molecular formula is C20H21NO4. The Balaban J connectivity index is 1.66. The number of methoxy groups -OCH3 is 1. The number of aliphatic hydroxyl groups excluding tert-OH is 1. The van der Waals surface area contributed by atoms with Crippen molar-refractivity contribution in [3.63, 3.8) is 0 Å². The van der Waals surface area contributed by atoms with Gasteiger partial charge in [-0.2, -0.15) is 0 Å². The number of nitrogens with one attached hydrogen (secondary N) is 1. The van der Waals surface area contributed by atoms with Gasteiger partial charge in [-0.15, -0.1) is 0 Å². The quantitative estimate of drug-likeness (QED) is 0.650. The molecule has 130 valence electrons. The molecule has 0 atom stereocenters. The van der Waals surface area contributed by atoms with Crippen LogP contribution >= 0.6 is 0 Å². The minimum Gasteiger partial charge on any atom is -0.493 e. The summed E-state index contributed by atoms with van der Waals surface area (Å²) in [6.07, 6.45) is 0. The maximum atomic E-state index is 9.06. The van der Waals surface area contributed by atoms with Gasteiger partial charge >= 0.3 is 0 Å². The van der Waals surface area contributed by atoms with Crippen LogP contribution in [-0.2, 0) is 19.8 Å². The zero-order valence-corrected chi connectivity index (χ0v) is 14.1. The summed E-state index contributed by atoms with van der Waals surface area (Å²) in [4.78, 5) is 0. The van der Waals surface area contributed by atoms with Crippen molar-refractivity contribution in [1.29, 1.82) is 0 Å². The van der Waals surface area contributed by atoms with Crippen molar-refractivity contribution in [1.82, 2.24) is 0 Å². The van der Waals surface area contributed by atoms with Crippen LogP contribution in [0.1, 0.15) is 17.1 Å². The van der Waals surface area contributed by atoms with Crippen LogP contribution in [0.3, 0.4) is 0 Å². The second-order valence-electron chi connectivity index (χ2n) is 5.48. The van der Waals surface area contributed by atoms with Gasteiger partial charge in [0.15, 0.2) is 11.5 Å². The molecule has 3 aromatic rings. The lowest BCUT2D eigenvalue weighted by Crippen LogP contribution is -2.04. The van der Waals surface area contributed by atoms with Crippen LogP contribution in [0.5, 0.6) is 11.5 Å². The first-order chi connectivity index (χ1) is 12.3. The molecule has 0 amide bonds. The maximum absolute atomic E-state index is 9.06. The van der Waals surface area contributed by atoms with Gasteiger partial charge in [-0.05, 0) is 30.3 Å². The van der Waals surface area contributed by atoms with E-state index >= 15 is 0 Å². The highest BCUT2D eigenvalue weighted by Crippen LogP contribution is 2.27. The molecule has 0 unspecified atom stereocenters. The third kappa shape index (κ3) is 4.33. The first kappa shape index (κ1) is 16.9. The Morgan fingerprint density at radius 1 is 0.920 bits per heavy atom. The van der Waals surface area contributed by atoms with Crippen molar-refractivity contribution in [2.24, 2.45) is 0 Å². The van der Waals surface area contributed by atoms with Crippen LogP contribution in [0.4, 0.5) is 5.69 Å². The van der Waals surface area contributed by atoms with E-state index in [4.69, 9.17) is 19.0 Å². The largest absolute Gasteiger partial charge is 0.493 e. The summed E-state index contributed by atoms with van der Waals surface area (Å²) in [6.45, 7) is 0.860. The van der Waals surface area contributed by atoms with Crippen LogP contribution in [0.15, 0.2) is 65.1 Å². The standard InChI is InChI=1S/C20H21NO4/c1-23-19-8-4-5-9-20(19)24-14-15-6-2-3-7-18(15)21-12-16-10-11-17(13-22)25-16/h2-11,21-22H,12-14H2,1H3. The number of furan rings is 1. The summed E-state index contributed by atoms with van der Waals surface area (Å²) in [5, 5.41) is 12.4. The lowest BCUT2D eigenvalue weighted by molar-refractivity contribution is 0.244. The molecule has 5 heteroatoms. The summed E-state index contributed by atoms with van der Waals surface area (Å²) in [6, 6.07) is 19.2. The number of hydrogen-bond acceptors (Lipinski definition) is 5. The summed E-state index contributed by atoms with van der Waals surface area (Å²) >= 11 is 0. The highest BCUT2D eigenvalue weighted by Gasteiger charge is 2.07. The van der Waals surface area contributed by atoms with Crippen LogP contribution in [-0.4, -0.2) is 12.2 Å². The number of hydrogen-bond donors (Lipinski definition) is 2. The predicted molar refractivity (Wildman–Crippen MR) is 95.7 cm³/mol. The Kier molecular flexibility index (Phi) is 5.59. The number of aliphatic hydroxyl groups is 1. The van der Waals surface area contributed by atoms with Crippen LogP contribution in [0, 0.1) is 0 Å². The number of ether oxygens (including phenoxy) is 2. The predicted octanol–water partition coefficient (Wildman–Crippen LogP) is 3.97. The van der Waals surface area contributed by atoms with Gasteiger partial charge in [0.2, 0.25) is 0 Å². The zero-order chi connectivity index (χ0) is 17.5. The molecule has 2 N–H and O–H groups in total. The van der Waals surface area contributed by atoms with E-state index < -0.39 is 0 Å². The summed E-state index contributed by atoms with van der Waals surface area (Å²) in [5.41, 5.74) is 2.00. The molecule has 25 heavy (non-hydrogen) atoms. The molecule has 0 fully saturated rings. The number of rotatable bonds is 8. The Morgan fingerprint density at radius 2 is 1.64 bits per heavy atom. The third-order valence-corrected chi connectivity index (χ3v) is 3.80. The van der Waals surface area contributed by atoms with Gasteiger partial charge in [-0.1, -0.05) is 30.3 Å². The molecule has 0 radical (unpaired) electrons. The fourth-order valence-electron chi connectivity index (χ4n) is 2.50. The van der Waals surface area contributed by atoms with E-state index in [2.05, 4.69) is 5.32 Å².